The van der Waals surface area contributed by atoms with Gasteiger partial charge in [-0.2, -0.15) is 5.10 Å². The second-order valence-electron chi connectivity index (χ2n) is 9.13. The van der Waals surface area contributed by atoms with Gasteiger partial charge in [0.25, 0.3) is 5.91 Å². The third-order valence-corrected chi connectivity index (χ3v) is 8.25. The first-order valence-corrected chi connectivity index (χ1v) is 16.4. The molecule has 1 atom stereocenters. The largest absolute Gasteiger partial charge is 0.487 e. The van der Waals surface area contributed by atoms with Crippen molar-refractivity contribution in [1.29, 1.82) is 0 Å². The van der Waals surface area contributed by atoms with Gasteiger partial charge in [-0.3, -0.25) is 4.79 Å². The number of carbonyl (C=O) groups is 2. The van der Waals surface area contributed by atoms with Gasteiger partial charge in [-0.05, 0) is 107 Å². The lowest BCUT2D eigenvalue weighted by molar-refractivity contribution is -0.139. The second kappa shape index (κ2) is 15.8. The van der Waals surface area contributed by atoms with E-state index in [2.05, 4.69) is 82.3 Å². The molecule has 224 valence electrons. The average Bonchev–Trinajstić information content (AvgIpc) is 2.96. The molecule has 3 N–H and O–H groups in total. The number of thiocarbonyl (C=S) groups is 1. The van der Waals surface area contributed by atoms with Crippen LogP contribution in [0.2, 0.25) is 0 Å². The molecular weight excluding hydrogens is 862 g/mol. The summed E-state index contributed by atoms with van der Waals surface area (Å²) in [6.07, 6.45) is 1.55. The van der Waals surface area contributed by atoms with Gasteiger partial charge in [-0.1, -0.05) is 46.3 Å². The Kier molecular flexibility index (Phi) is 12.2. The number of carbonyl (C=O) groups excluding carboxylic acids is 2. The van der Waals surface area contributed by atoms with Crippen molar-refractivity contribution in [3.05, 3.63) is 100 Å². The van der Waals surface area contributed by atoms with Gasteiger partial charge in [0.1, 0.15) is 18.1 Å². The Morgan fingerprint density at radius 2 is 1.86 bits per heavy atom. The lowest BCUT2D eigenvalue weighted by Gasteiger charge is -2.30. The van der Waals surface area contributed by atoms with Crippen LogP contribution in [0.1, 0.15) is 36.6 Å². The van der Waals surface area contributed by atoms with Crippen molar-refractivity contribution in [3.8, 4) is 11.5 Å². The second-order valence-corrected chi connectivity index (χ2v) is 12.9. The fourth-order valence-corrected chi connectivity index (χ4v) is 6.75. The highest BCUT2D eigenvalue weighted by Crippen LogP contribution is 2.34. The predicted molar refractivity (Wildman–Crippen MR) is 189 cm³/mol. The minimum absolute atomic E-state index is 0.228. The summed E-state index contributed by atoms with van der Waals surface area (Å²) in [5.41, 5.74) is 5.85. The van der Waals surface area contributed by atoms with Crippen molar-refractivity contribution in [2.45, 2.75) is 26.5 Å². The molecule has 1 heterocycles. The first kappa shape index (κ1) is 33.1. The summed E-state index contributed by atoms with van der Waals surface area (Å²) >= 11 is 13.2. The molecular formula is C30H27BrI2N4O5S. The molecule has 3 aromatic carbocycles. The number of nitrogens with zero attached hydrogens (tertiary/aromatic N) is 1. The maximum atomic E-state index is 12.8. The smallest absolute Gasteiger partial charge is 0.338 e. The van der Waals surface area contributed by atoms with Crippen LogP contribution in [0.15, 0.2) is 81.5 Å². The Balaban J connectivity index is 1.43. The number of rotatable bonds is 11. The molecule has 0 radical (unpaired) electrons. The highest BCUT2D eigenvalue weighted by Gasteiger charge is 2.32. The molecule has 0 aliphatic carbocycles. The molecule has 0 saturated carbocycles. The number of nitrogens with one attached hydrogen (secondary N) is 3. The number of allylic oxidation sites excluding steroid dienone is 1. The summed E-state index contributed by atoms with van der Waals surface area (Å²) in [6, 6.07) is 18.3. The van der Waals surface area contributed by atoms with Crippen molar-refractivity contribution >= 4 is 96.5 Å². The van der Waals surface area contributed by atoms with Crippen LogP contribution in [0.4, 0.5) is 0 Å². The number of benzene rings is 3. The molecule has 0 fully saturated rings. The lowest BCUT2D eigenvalue weighted by Crippen LogP contribution is -2.45. The summed E-state index contributed by atoms with van der Waals surface area (Å²) in [5, 5.41) is 10.6. The highest BCUT2D eigenvalue weighted by molar-refractivity contribution is 14.1. The van der Waals surface area contributed by atoms with E-state index in [0.717, 1.165) is 22.7 Å². The molecule has 13 heteroatoms. The van der Waals surface area contributed by atoms with Gasteiger partial charge in [0.2, 0.25) is 0 Å². The van der Waals surface area contributed by atoms with Crippen LogP contribution >= 0.6 is 73.3 Å². The Hall–Kier alpha value is -2.76. The number of ether oxygens (including phenoxy) is 3. The van der Waals surface area contributed by atoms with Gasteiger partial charge in [0.05, 0.1) is 28.0 Å². The molecule has 1 aliphatic heterocycles. The van der Waals surface area contributed by atoms with E-state index in [4.69, 9.17) is 26.4 Å². The Bertz CT molecular complexity index is 1580. The number of para-hydroxylation sites is 1. The molecule has 0 bridgehead atoms. The molecule has 0 aromatic heterocycles. The number of hydrogen-bond acceptors (Lipinski definition) is 7. The van der Waals surface area contributed by atoms with Crippen LogP contribution in [-0.2, 0) is 20.9 Å². The third kappa shape index (κ3) is 9.12. The zero-order chi connectivity index (χ0) is 30.9. The van der Waals surface area contributed by atoms with Gasteiger partial charge in [-0.15, -0.1) is 0 Å². The minimum Gasteiger partial charge on any atom is -0.487 e. The molecule has 1 aliphatic rings. The van der Waals surface area contributed by atoms with Gasteiger partial charge in [-0.25, -0.2) is 10.2 Å². The van der Waals surface area contributed by atoms with E-state index >= 15 is 0 Å². The molecule has 43 heavy (non-hydrogen) atoms. The molecule has 9 nitrogen and oxygen atoms in total. The van der Waals surface area contributed by atoms with Crippen molar-refractivity contribution < 1.29 is 23.8 Å². The van der Waals surface area contributed by atoms with E-state index in [-0.39, 0.29) is 13.2 Å². The summed E-state index contributed by atoms with van der Waals surface area (Å²) in [6.45, 7) is 3.80. The standard InChI is InChI=1S/C30H27BrI2N4O5S/c1-3-40-29(39)26-17(2)35-30(43)36-27(26)22-6-4-5-7-24(22)41-16-25(38)37-34-14-19-12-21(32)13-23(33)28(19)42-15-18-8-10-20(31)11-9-18/h4-14,27H,3,15-16H2,1-2H3,(H,37,38)(H2,35,36,43)/t27-/m0/s1. The highest BCUT2D eigenvalue weighted by atomic mass is 127. The monoisotopic (exact) mass is 888 g/mol. The first-order valence-electron chi connectivity index (χ1n) is 13.0. The van der Waals surface area contributed by atoms with Crippen LogP contribution in [0, 0.1) is 7.14 Å². The summed E-state index contributed by atoms with van der Waals surface area (Å²) in [7, 11) is 0. The van der Waals surface area contributed by atoms with E-state index < -0.39 is 17.9 Å². The van der Waals surface area contributed by atoms with E-state index in [1.165, 1.54) is 0 Å². The zero-order valence-electron chi connectivity index (χ0n) is 23.1. The van der Waals surface area contributed by atoms with Crippen LogP contribution in [0.25, 0.3) is 0 Å². The van der Waals surface area contributed by atoms with Crippen LogP contribution in [-0.4, -0.2) is 36.4 Å². The number of amides is 1. The van der Waals surface area contributed by atoms with Gasteiger partial charge in [0, 0.05) is 24.9 Å². The van der Waals surface area contributed by atoms with Crippen molar-refractivity contribution in [2.75, 3.05) is 13.2 Å². The molecule has 3 aromatic rings. The zero-order valence-corrected chi connectivity index (χ0v) is 29.8. The minimum atomic E-state index is -0.621. The van der Waals surface area contributed by atoms with Crippen molar-refractivity contribution in [1.82, 2.24) is 16.1 Å². The fourth-order valence-electron chi connectivity index (χ4n) is 4.17. The van der Waals surface area contributed by atoms with Gasteiger partial charge >= 0.3 is 5.97 Å². The molecule has 1 amide bonds. The van der Waals surface area contributed by atoms with Crippen molar-refractivity contribution in [3.63, 3.8) is 0 Å². The van der Waals surface area contributed by atoms with E-state index in [1.807, 2.05) is 42.5 Å². The first-order chi connectivity index (χ1) is 20.7. The molecule has 0 saturated heterocycles. The van der Waals surface area contributed by atoms with Crippen LogP contribution < -0.4 is 25.5 Å². The van der Waals surface area contributed by atoms with E-state index in [1.54, 1.807) is 38.3 Å². The number of hydrogen-bond donors (Lipinski definition) is 3. The van der Waals surface area contributed by atoms with Gasteiger partial charge in [0.15, 0.2) is 11.7 Å². The van der Waals surface area contributed by atoms with E-state index in [0.29, 0.717) is 40.1 Å². The normalized spacial score (nSPS) is 14.6. The SMILES string of the molecule is CCOC(=O)C1=C(C)NC(=S)N[C@H]1c1ccccc1OCC(=O)NN=Cc1cc(I)cc(I)c1OCc1ccc(Br)cc1. The predicted octanol–water partition coefficient (Wildman–Crippen LogP) is 6.12. The van der Waals surface area contributed by atoms with Crippen LogP contribution in [0.3, 0.4) is 0 Å². The number of halogens is 3. The van der Waals surface area contributed by atoms with Crippen LogP contribution in [0.5, 0.6) is 11.5 Å². The Labute approximate surface area is 290 Å². The molecule has 0 unspecified atom stereocenters. The quantitative estimate of drug-likeness (QED) is 0.0696. The number of hydrazone groups is 1. The van der Waals surface area contributed by atoms with E-state index in [9.17, 15) is 9.59 Å². The Morgan fingerprint density at radius 1 is 1.12 bits per heavy atom. The molecule has 0 spiro atoms. The number of esters is 1. The lowest BCUT2D eigenvalue weighted by atomic mass is 9.95. The average molecular weight is 889 g/mol. The topological polar surface area (TPSA) is 110 Å². The van der Waals surface area contributed by atoms with Gasteiger partial charge < -0.3 is 24.8 Å². The maximum absolute atomic E-state index is 12.8. The summed E-state index contributed by atoms with van der Waals surface area (Å²) < 4.78 is 20.2. The van der Waals surface area contributed by atoms with Crippen molar-refractivity contribution in [2.24, 2.45) is 5.10 Å². The summed E-state index contributed by atoms with van der Waals surface area (Å²) in [5.74, 6) is 0.143. The molecule has 4 rings (SSSR count). The summed E-state index contributed by atoms with van der Waals surface area (Å²) in [4.78, 5) is 25.5. The Morgan fingerprint density at radius 3 is 2.60 bits per heavy atom. The fraction of sp³-hybridized carbons (Fsp3) is 0.200. The maximum Gasteiger partial charge on any atom is 0.338 e. The third-order valence-electron chi connectivity index (χ3n) is 6.08.